The van der Waals surface area contributed by atoms with E-state index < -0.39 is 0 Å². The van der Waals surface area contributed by atoms with Gasteiger partial charge in [0.15, 0.2) is 0 Å². The molecule has 1 unspecified atom stereocenters. The maximum atomic E-state index is 5.69. The Kier molecular flexibility index (Phi) is 2.57. The van der Waals surface area contributed by atoms with Crippen molar-refractivity contribution in [2.24, 2.45) is 10.7 Å². The number of hydrogen-bond acceptors (Lipinski definition) is 5. The summed E-state index contributed by atoms with van der Waals surface area (Å²) >= 11 is 1.63. The summed E-state index contributed by atoms with van der Waals surface area (Å²) in [7, 11) is 0. The second kappa shape index (κ2) is 4.31. The molecular formula is C15H15N3OS. The van der Waals surface area contributed by atoms with E-state index in [9.17, 15) is 0 Å². The molecule has 5 heteroatoms. The maximum Gasteiger partial charge on any atom is 0.282 e. The predicted octanol–water partition coefficient (Wildman–Crippen LogP) is 2.38. The van der Waals surface area contributed by atoms with Gasteiger partial charge in [-0.05, 0) is 24.0 Å². The van der Waals surface area contributed by atoms with Crippen LogP contribution in [0.3, 0.4) is 0 Å². The molecule has 0 bridgehead atoms. The Hall–Kier alpha value is -1.88. The van der Waals surface area contributed by atoms with E-state index in [1.807, 2.05) is 5.51 Å². The number of hydrogen-bond donors (Lipinski definition) is 1. The number of rotatable bonds is 1. The fourth-order valence-electron chi connectivity index (χ4n) is 3.21. The molecule has 2 N–H and O–H groups in total. The first kappa shape index (κ1) is 11.9. The Morgan fingerprint density at radius 3 is 3.05 bits per heavy atom. The predicted molar refractivity (Wildman–Crippen MR) is 79.9 cm³/mol. The molecule has 0 radical (unpaired) electrons. The Labute approximate surface area is 121 Å². The monoisotopic (exact) mass is 285 g/mol. The van der Waals surface area contributed by atoms with Crippen LogP contribution in [0.1, 0.15) is 17.5 Å². The van der Waals surface area contributed by atoms with E-state index >= 15 is 0 Å². The van der Waals surface area contributed by atoms with Gasteiger partial charge in [0.25, 0.3) is 6.02 Å². The van der Waals surface area contributed by atoms with Crippen molar-refractivity contribution in [2.45, 2.75) is 24.8 Å². The van der Waals surface area contributed by atoms with Crippen LogP contribution < -0.4 is 5.73 Å². The van der Waals surface area contributed by atoms with Crippen LogP contribution in [0.25, 0.3) is 11.3 Å². The largest absolute Gasteiger partial charge is 0.463 e. The normalized spacial score (nSPS) is 24.3. The van der Waals surface area contributed by atoms with Gasteiger partial charge < -0.3 is 10.5 Å². The molecular weight excluding hydrogens is 270 g/mol. The molecule has 0 saturated heterocycles. The van der Waals surface area contributed by atoms with Gasteiger partial charge in [0.05, 0.1) is 11.2 Å². The van der Waals surface area contributed by atoms with Crippen molar-refractivity contribution in [2.75, 3.05) is 6.61 Å². The first-order chi connectivity index (χ1) is 9.76. The molecule has 2 heterocycles. The SMILES string of the molecule is NC1=NC2(CCc3c(cccc3-c3cscn3)C2)CO1. The molecule has 0 fully saturated rings. The van der Waals surface area contributed by atoms with Gasteiger partial charge >= 0.3 is 0 Å². The Morgan fingerprint density at radius 1 is 1.35 bits per heavy atom. The number of amidine groups is 1. The van der Waals surface area contributed by atoms with Crippen molar-refractivity contribution >= 4 is 17.4 Å². The molecule has 0 saturated carbocycles. The smallest absolute Gasteiger partial charge is 0.282 e. The zero-order valence-electron chi connectivity index (χ0n) is 11.0. The highest BCUT2D eigenvalue weighted by molar-refractivity contribution is 7.07. The molecule has 4 rings (SSSR count). The van der Waals surface area contributed by atoms with Gasteiger partial charge in [0.1, 0.15) is 12.1 Å². The van der Waals surface area contributed by atoms with Gasteiger partial charge in [0.2, 0.25) is 0 Å². The van der Waals surface area contributed by atoms with Crippen LogP contribution in [0, 0.1) is 0 Å². The molecule has 1 aromatic carbocycles. The fraction of sp³-hybridized carbons (Fsp3) is 0.333. The summed E-state index contributed by atoms with van der Waals surface area (Å²) in [6.45, 7) is 0.610. The topological polar surface area (TPSA) is 60.5 Å². The Bertz CT molecular complexity index is 680. The average molecular weight is 285 g/mol. The lowest BCUT2D eigenvalue weighted by molar-refractivity contribution is 0.235. The second-order valence-electron chi connectivity index (χ2n) is 5.46. The molecule has 2 aliphatic rings. The Balaban J connectivity index is 1.76. The van der Waals surface area contributed by atoms with Crippen LogP contribution in [0.4, 0.5) is 0 Å². The first-order valence-corrected chi connectivity index (χ1v) is 7.68. The number of aromatic nitrogens is 1. The lowest BCUT2D eigenvalue weighted by atomic mass is 9.77. The summed E-state index contributed by atoms with van der Waals surface area (Å²) in [6, 6.07) is 6.80. The zero-order valence-corrected chi connectivity index (χ0v) is 11.8. The molecule has 102 valence electrons. The first-order valence-electron chi connectivity index (χ1n) is 6.73. The van der Waals surface area contributed by atoms with Crippen LogP contribution in [-0.2, 0) is 17.6 Å². The van der Waals surface area contributed by atoms with Gasteiger partial charge in [-0.15, -0.1) is 11.3 Å². The van der Waals surface area contributed by atoms with Crippen molar-refractivity contribution < 1.29 is 4.74 Å². The average Bonchev–Trinajstić information content (AvgIpc) is 3.09. The van der Waals surface area contributed by atoms with E-state index in [4.69, 9.17) is 10.5 Å². The van der Waals surface area contributed by atoms with E-state index in [2.05, 4.69) is 33.6 Å². The molecule has 1 aromatic heterocycles. The lowest BCUT2D eigenvalue weighted by Crippen LogP contribution is -2.35. The third-order valence-corrected chi connectivity index (χ3v) is 4.76. The third-order valence-electron chi connectivity index (χ3n) is 4.18. The van der Waals surface area contributed by atoms with E-state index in [1.54, 1.807) is 11.3 Å². The number of benzene rings is 1. The number of fused-ring (bicyclic) bond motifs is 1. The van der Waals surface area contributed by atoms with Crippen molar-refractivity contribution in [3.63, 3.8) is 0 Å². The highest BCUT2D eigenvalue weighted by Gasteiger charge is 2.39. The second-order valence-corrected chi connectivity index (χ2v) is 6.18. The van der Waals surface area contributed by atoms with E-state index in [0.717, 1.165) is 25.0 Å². The minimum atomic E-state index is -0.141. The molecule has 20 heavy (non-hydrogen) atoms. The summed E-state index contributed by atoms with van der Waals surface area (Å²) in [5, 5.41) is 2.11. The molecule has 1 spiro atoms. The van der Waals surface area contributed by atoms with Gasteiger partial charge in [-0.1, -0.05) is 18.2 Å². The van der Waals surface area contributed by atoms with Crippen LogP contribution in [-0.4, -0.2) is 23.2 Å². The summed E-state index contributed by atoms with van der Waals surface area (Å²) < 4.78 is 5.38. The Morgan fingerprint density at radius 2 is 2.30 bits per heavy atom. The molecule has 0 amide bonds. The van der Waals surface area contributed by atoms with Crippen LogP contribution >= 0.6 is 11.3 Å². The lowest BCUT2D eigenvalue weighted by Gasteiger charge is -2.31. The number of nitrogens with two attached hydrogens (primary N) is 1. The fourth-order valence-corrected chi connectivity index (χ4v) is 3.76. The van der Waals surface area contributed by atoms with E-state index in [-0.39, 0.29) is 5.54 Å². The molecule has 1 aliphatic heterocycles. The van der Waals surface area contributed by atoms with E-state index in [0.29, 0.717) is 12.6 Å². The van der Waals surface area contributed by atoms with Gasteiger partial charge in [-0.2, -0.15) is 0 Å². The number of aliphatic imine (C=N–C) groups is 1. The number of thiazole rings is 1. The standard InChI is InChI=1S/C15H15N3OS/c16-14-18-15(8-19-14)5-4-11-10(6-15)2-1-3-12(11)13-7-20-9-17-13/h1-3,7,9H,4-6,8H2,(H2,16,18). The minimum absolute atomic E-state index is 0.141. The molecule has 4 nitrogen and oxygen atoms in total. The highest BCUT2D eigenvalue weighted by atomic mass is 32.1. The quantitative estimate of drug-likeness (QED) is 0.875. The molecule has 1 aliphatic carbocycles. The summed E-state index contributed by atoms with van der Waals surface area (Å²) in [4.78, 5) is 8.97. The maximum absolute atomic E-state index is 5.69. The van der Waals surface area contributed by atoms with Crippen molar-refractivity contribution in [1.82, 2.24) is 4.98 Å². The summed E-state index contributed by atoms with van der Waals surface area (Å²) in [5.41, 5.74) is 12.5. The number of ether oxygens (including phenoxy) is 1. The number of nitrogens with zero attached hydrogens (tertiary/aromatic N) is 2. The van der Waals surface area contributed by atoms with Crippen molar-refractivity contribution in [3.05, 3.63) is 40.2 Å². The zero-order chi connectivity index (χ0) is 13.6. The third kappa shape index (κ3) is 1.81. The molecule has 2 aromatic rings. The minimum Gasteiger partial charge on any atom is -0.463 e. The van der Waals surface area contributed by atoms with Crippen LogP contribution in [0.15, 0.2) is 34.1 Å². The van der Waals surface area contributed by atoms with Crippen LogP contribution in [0.5, 0.6) is 0 Å². The van der Waals surface area contributed by atoms with Crippen molar-refractivity contribution in [1.29, 1.82) is 0 Å². The van der Waals surface area contributed by atoms with Gasteiger partial charge in [-0.25, -0.2) is 9.98 Å². The van der Waals surface area contributed by atoms with Crippen molar-refractivity contribution in [3.8, 4) is 11.3 Å². The van der Waals surface area contributed by atoms with E-state index in [1.165, 1.54) is 16.7 Å². The van der Waals surface area contributed by atoms with Crippen LogP contribution in [0.2, 0.25) is 0 Å². The van der Waals surface area contributed by atoms with Gasteiger partial charge in [0, 0.05) is 17.4 Å². The molecule has 1 atom stereocenters. The van der Waals surface area contributed by atoms with Gasteiger partial charge in [-0.3, -0.25) is 0 Å². The summed E-state index contributed by atoms with van der Waals surface area (Å²) in [5.74, 6) is 0. The summed E-state index contributed by atoms with van der Waals surface area (Å²) in [6.07, 6.45) is 2.89. The highest BCUT2D eigenvalue weighted by Crippen LogP contribution is 2.38.